The Morgan fingerprint density at radius 2 is 2.00 bits per heavy atom. The molecule has 1 N–H and O–H groups in total. The smallest absolute Gasteiger partial charge is 0.204 e. The van der Waals surface area contributed by atoms with E-state index in [1.807, 2.05) is 0 Å². The number of rotatable bonds is 4. The highest BCUT2D eigenvalue weighted by Gasteiger charge is 2.51. The van der Waals surface area contributed by atoms with Crippen LogP contribution >= 0.6 is 11.8 Å². The van der Waals surface area contributed by atoms with Gasteiger partial charge < -0.3 is 4.74 Å². The van der Waals surface area contributed by atoms with Crippen molar-refractivity contribution in [2.45, 2.75) is 11.3 Å². The normalized spacial score (nSPS) is 23.0. The van der Waals surface area contributed by atoms with Gasteiger partial charge in [-0.1, -0.05) is 11.8 Å². The molecule has 2 heterocycles. The third kappa shape index (κ3) is 3.17. The summed E-state index contributed by atoms with van der Waals surface area (Å²) in [6.45, 7) is -0.173. The van der Waals surface area contributed by atoms with Gasteiger partial charge in [-0.25, -0.2) is 13.2 Å². The minimum Gasteiger partial charge on any atom is -0.493 e. The molecule has 0 unspecified atom stereocenters. The SMILES string of the molecule is O=[N+]([O-])CC[C@H]1COc2ccc(F)cc2[C@@]12NN=C(c1cc(F)ccc1F)S2. The first-order valence-corrected chi connectivity index (χ1v) is 9.24. The topological polar surface area (TPSA) is 76.8 Å². The van der Waals surface area contributed by atoms with E-state index in [0.717, 1.165) is 30.0 Å². The molecule has 146 valence electrons. The van der Waals surface area contributed by atoms with Crippen LogP contribution in [0.5, 0.6) is 5.75 Å². The molecule has 0 radical (unpaired) electrons. The molecule has 0 aliphatic carbocycles. The number of nitrogens with one attached hydrogen (secondary N) is 1. The molecule has 4 rings (SSSR count). The summed E-state index contributed by atoms with van der Waals surface area (Å²) in [5.41, 5.74) is 3.31. The van der Waals surface area contributed by atoms with Gasteiger partial charge in [-0.3, -0.25) is 15.5 Å². The summed E-state index contributed by atoms with van der Waals surface area (Å²) in [5, 5.41) is 15.2. The molecule has 0 fully saturated rings. The summed E-state index contributed by atoms with van der Waals surface area (Å²) < 4.78 is 47.5. The van der Waals surface area contributed by atoms with E-state index < -0.39 is 33.2 Å². The van der Waals surface area contributed by atoms with Gasteiger partial charge in [-0.05, 0) is 36.4 Å². The third-order valence-electron chi connectivity index (χ3n) is 4.76. The van der Waals surface area contributed by atoms with Crippen molar-refractivity contribution in [2.24, 2.45) is 11.0 Å². The largest absolute Gasteiger partial charge is 0.493 e. The van der Waals surface area contributed by atoms with Crippen LogP contribution in [0.2, 0.25) is 0 Å². The van der Waals surface area contributed by atoms with Crippen molar-refractivity contribution < 1.29 is 22.8 Å². The van der Waals surface area contributed by atoms with Gasteiger partial charge in [0, 0.05) is 28.4 Å². The molecule has 0 bridgehead atoms. The maximum Gasteiger partial charge on any atom is 0.204 e. The maximum absolute atomic E-state index is 14.2. The fourth-order valence-electron chi connectivity index (χ4n) is 3.39. The number of thioether (sulfide) groups is 1. The Balaban J connectivity index is 1.75. The van der Waals surface area contributed by atoms with Crippen molar-refractivity contribution in [3.05, 3.63) is 75.1 Å². The quantitative estimate of drug-likeness (QED) is 0.617. The summed E-state index contributed by atoms with van der Waals surface area (Å²) in [4.78, 5) is 9.34. The van der Waals surface area contributed by atoms with Crippen LogP contribution in [-0.4, -0.2) is 23.1 Å². The second-order valence-corrected chi connectivity index (χ2v) is 7.72. The fourth-order valence-corrected chi connectivity index (χ4v) is 4.77. The lowest BCUT2D eigenvalue weighted by molar-refractivity contribution is -0.482. The van der Waals surface area contributed by atoms with Gasteiger partial charge in [0.05, 0.1) is 6.61 Å². The van der Waals surface area contributed by atoms with Gasteiger partial charge in [-0.2, -0.15) is 5.10 Å². The number of benzene rings is 2. The van der Waals surface area contributed by atoms with E-state index in [-0.39, 0.29) is 30.2 Å². The molecule has 0 aromatic heterocycles. The maximum atomic E-state index is 14.2. The lowest BCUT2D eigenvalue weighted by Crippen LogP contribution is -2.47. The van der Waals surface area contributed by atoms with Crippen molar-refractivity contribution in [2.75, 3.05) is 13.2 Å². The Kier molecular flexibility index (Phi) is 4.66. The van der Waals surface area contributed by atoms with E-state index in [1.165, 1.54) is 18.2 Å². The van der Waals surface area contributed by atoms with Gasteiger partial charge in [0.15, 0.2) is 0 Å². The van der Waals surface area contributed by atoms with Crippen LogP contribution in [-0.2, 0) is 4.87 Å². The molecule has 0 saturated heterocycles. The first kappa shape index (κ1) is 18.6. The zero-order valence-electron chi connectivity index (χ0n) is 14.3. The number of halogens is 3. The van der Waals surface area contributed by atoms with E-state index in [0.29, 0.717) is 11.3 Å². The number of hydrogen-bond donors (Lipinski definition) is 1. The van der Waals surface area contributed by atoms with Crippen LogP contribution in [0, 0.1) is 33.5 Å². The average Bonchev–Trinajstić information content (AvgIpc) is 3.09. The molecule has 2 atom stereocenters. The van der Waals surface area contributed by atoms with Gasteiger partial charge in [0.1, 0.15) is 33.1 Å². The Morgan fingerprint density at radius 3 is 2.79 bits per heavy atom. The van der Waals surface area contributed by atoms with E-state index >= 15 is 0 Å². The minimum absolute atomic E-state index is 0.0353. The lowest BCUT2D eigenvalue weighted by Gasteiger charge is -2.40. The Labute approximate surface area is 161 Å². The molecule has 1 spiro atoms. The highest BCUT2D eigenvalue weighted by molar-refractivity contribution is 8.15. The van der Waals surface area contributed by atoms with Crippen LogP contribution in [0.25, 0.3) is 0 Å². The highest BCUT2D eigenvalue weighted by atomic mass is 32.2. The summed E-state index contributed by atoms with van der Waals surface area (Å²) in [5.74, 6) is -1.82. The predicted molar refractivity (Wildman–Crippen MR) is 97.2 cm³/mol. The monoisotopic (exact) mass is 409 g/mol. The molecule has 2 aromatic rings. The van der Waals surface area contributed by atoms with Crippen LogP contribution in [0.3, 0.4) is 0 Å². The summed E-state index contributed by atoms with van der Waals surface area (Å²) in [6.07, 6.45) is 0.136. The second kappa shape index (κ2) is 7.01. The number of nitro groups is 1. The van der Waals surface area contributed by atoms with Crippen LogP contribution in [0.1, 0.15) is 17.5 Å². The van der Waals surface area contributed by atoms with Gasteiger partial charge in [0.2, 0.25) is 6.54 Å². The van der Waals surface area contributed by atoms with Crippen molar-refractivity contribution in [3.8, 4) is 5.75 Å². The Bertz CT molecular complexity index is 988. The molecule has 2 aliphatic rings. The van der Waals surface area contributed by atoms with Gasteiger partial charge in [-0.15, -0.1) is 0 Å². The first-order valence-electron chi connectivity index (χ1n) is 8.43. The molecule has 2 aliphatic heterocycles. The third-order valence-corrected chi connectivity index (χ3v) is 6.23. The zero-order chi connectivity index (χ0) is 19.9. The van der Waals surface area contributed by atoms with Crippen LogP contribution in [0.4, 0.5) is 13.2 Å². The molecule has 2 aromatic carbocycles. The summed E-state index contributed by atoms with van der Waals surface area (Å²) >= 11 is 1.08. The lowest BCUT2D eigenvalue weighted by atomic mass is 9.87. The van der Waals surface area contributed by atoms with E-state index in [1.54, 1.807) is 0 Å². The Hall–Kier alpha value is -2.75. The first-order chi connectivity index (χ1) is 13.4. The molecule has 28 heavy (non-hydrogen) atoms. The Morgan fingerprint density at radius 1 is 1.25 bits per heavy atom. The molecule has 6 nitrogen and oxygen atoms in total. The second-order valence-electron chi connectivity index (χ2n) is 6.48. The highest BCUT2D eigenvalue weighted by Crippen LogP contribution is 2.52. The van der Waals surface area contributed by atoms with E-state index in [2.05, 4.69) is 10.5 Å². The number of nitrogens with zero attached hydrogens (tertiary/aromatic N) is 2. The number of hydrogen-bond acceptors (Lipinski definition) is 6. The van der Waals surface area contributed by atoms with Crippen molar-refractivity contribution >= 4 is 16.8 Å². The molecular formula is C18H14F3N3O3S. The minimum atomic E-state index is -1.08. The number of ether oxygens (including phenoxy) is 1. The fraction of sp³-hybridized carbons (Fsp3) is 0.278. The van der Waals surface area contributed by atoms with Crippen LogP contribution < -0.4 is 10.2 Å². The standard InChI is InChI=1S/C18H14F3N3O3S/c19-11-1-3-15(21)13(7-11)17-22-23-18(28-17)10(5-6-24(25)26)9-27-16-4-2-12(20)8-14(16)18/h1-4,7-8,10,23H,5-6,9H2/t10-,18+/m0/s1. The number of hydrazone groups is 1. The predicted octanol–water partition coefficient (Wildman–Crippen LogP) is 3.63. The van der Waals surface area contributed by atoms with Gasteiger partial charge >= 0.3 is 0 Å². The van der Waals surface area contributed by atoms with Crippen molar-refractivity contribution in [1.82, 2.24) is 5.43 Å². The molecule has 0 saturated carbocycles. The summed E-state index contributed by atoms with van der Waals surface area (Å²) in [6, 6.07) is 7.02. The van der Waals surface area contributed by atoms with Crippen molar-refractivity contribution in [3.63, 3.8) is 0 Å². The van der Waals surface area contributed by atoms with E-state index in [4.69, 9.17) is 4.74 Å². The van der Waals surface area contributed by atoms with Crippen molar-refractivity contribution in [1.29, 1.82) is 0 Å². The summed E-state index contributed by atoms with van der Waals surface area (Å²) in [7, 11) is 0. The zero-order valence-corrected chi connectivity index (χ0v) is 15.1. The molecular weight excluding hydrogens is 395 g/mol. The number of fused-ring (bicyclic) bond motifs is 2. The van der Waals surface area contributed by atoms with E-state index in [9.17, 15) is 23.3 Å². The molecule has 0 amide bonds. The van der Waals surface area contributed by atoms with Crippen LogP contribution in [0.15, 0.2) is 41.5 Å². The average molecular weight is 409 g/mol. The molecule has 10 heteroatoms. The van der Waals surface area contributed by atoms with Gasteiger partial charge in [0.25, 0.3) is 0 Å².